The van der Waals surface area contributed by atoms with Gasteiger partial charge in [0.2, 0.25) is 0 Å². The van der Waals surface area contributed by atoms with Crippen molar-refractivity contribution in [3.05, 3.63) is 0 Å². The molecule has 0 bridgehead atoms. The van der Waals surface area contributed by atoms with Crippen LogP contribution in [0.4, 0.5) is 0 Å². The molecule has 0 amide bonds. The van der Waals surface area contributed by atoms with Gasteiger partial charge in [-0.3, -0.25) is 0 Å². The summed E-state index contributed by atoms with van der Waals surface area (Å²) in [6.07, 6.45) is 11.4. The SMILES string of the molecule is CCCOC1CC(NCC)C12CCCCCC2. The molecule has 0 heterocycles. The van der Waals surface area contributed by atoms with Crippen LogP contribution in [-0.4, -0.2) is 25.3 Å². The maximum atomic E-state index is 6.11. The Labute approximate surface area is 107 Å². The number of nitrogens with one attached hydrogen (secondary N) is 1. The summed E-state index contributed by atoms with van der Waals surface area (Å²) >= 11 is 0. The van der Waals surface area contributed by atoms with Crippen LogP contribution in [0, 0.1) is 5.41 Å². The topological polar surface area (TPSA) is 21.3 Å². The minimum Gasteiger partial charge on any atom is -0.378 e. The highest BCUT2D eigenvalue weighted by Crippen LogP contribution is 2.52. The first-order chi connectivity index (χ1) is 8.33. The summed E-state index contributed by atoms with van der Waals surface area (Å²) in [7, 11) is 0. The Morgan fingerprint density at radius 3 is 2.41 bits per heavy atom. The molecule has 2 fully saturated rings. The molecular formula is C15H29NO. The fraction of sp³-hybridized carbons (Fsp3) is 1.00. The second-order valence-electron chi connectivity index (χ2n) is 5.85. The van der Waals surface area contributed by atoms with Crippen LogP contribution in [0.5, 0.6) is 0 Å². The molecule has 2 atom stereocenters. The van der Waals surface area contributed by atoms with Gasteiger partial charge in [-0.15, -0.1) is 0 Å². The third-order valence-corrected chi connectivity index (χ3v) is 4.79. The largest absolute Gasteiger partial charge is 0.378 e. The number of hydrogen-bond donors (Lipinski definition) is 1. The molecule has 0 radical (unpaired) electrons. The molecule has 0 aliphatic heterocycles. The van der Waals surface area contributed by atoms with Crippen LogP contribution in [0.1, 0.15) is 65.2 Å². The van der Waals surface area contributed by atoms with Crippen molar-refractivity contribution < 1.29 is 4.74 Å². The Morgan fingerprint density at radius 1 is 1.12 bits per heavy atom. The number of hydrogen-bond acceptors (Lipinski definition) is 2. The van der Waals surface area contributed by atoms with Gasteiger partial charge in [0.05, 0.1) is 6.10 Å². The third-order valence-electron chi connectivity index (χ3n) is 4.79. The Morgan fingerprint density at radius 2 is 1.82 bits per heavy atom. The molecule has 2 aliphatic rings. The van der Waals surface area contributed by atoms with Crippen molar-refractivity contribution in [1.29, 1.82) is 0 Å². The normalized spacial score (nSPS) is 32.1. The van der Waals surface area contributed by atoms with Crippen molar-refractivity contribution in [2.45, 2.75) is 77.4 Å². The van der Waals surface area contributed by atoms with Crippen molar-refractivity contribution in [1.82, 2.24) is 5.32 Å². The lowest BCUT2D eigenvalue weighted by Crippen LogP contribution is -2.63. The Balaban J connectivity index is 1.98. The van der Waals surface area contributed by atoms with Gasteiger partial charge in [-0.05, 0) is 32.2 Å². The molecule has 2 nitrogen and oxygen atoms in total. The van der Waals surface area contributed by atoms with Crippen LogP contribution < -0.4 is 5.32 Å². The Hall–Kier alpha value is -0.0800. The Kier molecular flexibility index (Phi) is 4.87. The van der Waals surface area contributed by atoms with Crippen molar-refractivity contribution in [2.75, 3.05) is 13.2 Å². The summed E-state index contributed by atoms with van der Waals surface area (Å²) in [6, 6.07) is 0.729. The summed E-state index contributed by atoms with van der Waals surface area (Å²) < 4.78 is 6.11. The lowest BCUT2D eigenvalue weighted by molar-refractivity contribution is -0.143. The van der Waals surface area contributed by atoms with Crippen LogP contribution in [0.15, 0.2) is 0 Å². The van der Waals surface area contributed by atoms with E-state index in [9.17, 15) is 0 Å². The first-order valence-corrected chi connectivity index (χ1v) is 7.68. The molecule has 2 aliphatic carbocycles. The highest BCUT2D eigenvalue weighted by atomic mass is 16.5. The van der Waals surface area contributed by atoms with E-state index in [0.717, 1.165) is 25.6 Å². The number of ether oxygens (including phenoxy) is 1. The van der Waals surface area contributed by atoms with E-state index in [1.54, 1.807) is 0 Å². The molecule has 2 saturated carbocycles. The minimum atomic E-state index is 0.488. The average molecular weight is 239 g/mol. The van der Waals surface area contributed by atoms with Crippen LogP contribution in [-0.2, 0) is 4.74 Å². The third kappa shape index (κ3) is 2.68. The van der Waals surface area contributed by atoms with Crippen LogP contribution in [0.25, 0.3) is 0 Å². The first kappa shape index (κ1) is 13.4. The van der Waals surface area contributed by atoms with Crippen molar-refractivity contribution in [3.63, 3.8) is 0 Å². The fourth-order valence-corrected chi connectivity index (χ4v) is 3.83. The van der Waals surface area contributed by atoms with E-state index >= 15 is 0 Å². The van der Waals surface area contributed by atoms with Crippen molar-refractivity contribution in [3.8, 4) is 0 Å². The van der Waals surface area contributed by atoms with Gasteiger partial charge in [0, 0.05) is 18.1 Å². The lowest BCUT2D eigenvalue weighted by Gasteiger charge is -2.56. The van der Waals surface area contributed by atoms with Crippen LogP contribution in [0.2, 0.25) is 0 Å². The lowest BCUT2D eigenvalue weighted by atomic mass is 9.57. The van der Waals surface area contributed by atoms with Crippen LogP contribution in [0.3, 0.4) is 0 Å². The smallest absolute Gasteiger partial charge is 0.0661 e. The molecule has 2 heteroatoms. The van der Waals surface area contributed by atoms with Crippen molar-refractivity contribution >= 4 is 0 Å². The summed E-state index contributed by atoms with van der Waals surface area (Å²) in [4.78, 5) is 0. The standard InChI is InChI=1S/C15H29NO/c1-3-11-17-14-12-13(16-4-2)15(14)9-7-5-6-8-10-15/h13-14,16H,3-12H2,1-2H3. The van der Waals surface area contributed by atoms with Gasteiger partial charge in [-0.25, -0.2) is 0 Å². The minimum absolute atomic E-state index is 0.488. The molecule has 2 rings (SSSR count). The van der Waals surface area contributed by atoms with Crippen molar-refractivity contribution in [2.24, 2.45) is 5.41 Å². The maximum absolute atomic E-state index is 6.11. The van der Waals surface area contributed by atoms with E-state index < -0.39 is 0 Å². The van der Waals surface area contributed by atoms with Crippen LogP contribution >= 0.6 is 0 Å². The first-order valence-electron chi connectivity index (χ1n) is 7.68. The van der Waals surface area contributed by atoms with Gasteiger partial charge >= 0.3 is 0 Å². The molecule has 17 heavy (non-hydrogen) atoms. The molecule has 1 spiro atoms. The maximum Gasteiger partial charge on any atom is 0.0661 e. The van der Waals surface area contributed by atoms with E-state index in [0.29, 0.717) is 11.5 Å². The second-order valence-corrected chi connectivity index (χ2v) is 5.85. The number of rotatable bonds is 5. The molecular weight excluding hydrogens is 210 g/mol. The van der Waals surface area contributed by atoms with E-state index in [-0.39, 0.29) is 0 Å². The summed E-state index contributed by atoms with van der Waals surface area (Å²) in [5, 5.41) is 3.70. The Bertz CT molecular complexity index is 221. The molecule has 0 aromatic carbocycles. The van der Waals surface area contributed by atoms with E-state index in [2.05, 4.69) is 19.2 Å². The molecule has 1 N–H and O–H groups in total. The predicted molar refractivity (Wildman–Crippen MR) is 72.2 cm³/mol. The summed E-state index contributed by atoms with van der Waals surface area (Å²) in [6.45, 7) is 6.49. The molecule has 0 saturated heterocycles. The van der Waals surface area contributed by atoms with Gasteiger partial charge in [-0.2, -0.15) is 0 Å². The highest BCUT2D eigenvalue weighted by Gasteiger charge is 2.54. The monoisotopic (exact) mass is 239 g/mol. The molecule has 2 unspecified atom stereocenters. The zero-order valence-corrected chi connectivity index (χ0v) is 11.6. The summed E-state index contributed by atoms with van der Waals surface area (Å²) in [5.74, 6) is 0. The van der Waals surface area contributed by atoms with Gasteiger partial charge in [0.15, 0.2) is 0 Å². The predicted octanol–water partition coefficient (Wildman–Crippen LogP) is 3.50. The average Bonchev–Trinajstić information content (AvgIpc) is 2.60. The second kappa shape index (κ2) is 6.19. The summed E-state index contributed by atoms with van der Waals surface area (Å²) in [5.41, 5.74) is 0.488. The van der Waals surface area contributed by atoms with E-state index in [1.165, 1.54) is 44.9 Å². The van der Waals surface area contributed by atoms with E-state index in [1.807, 2.05) is 0 Å². The highest BCUT2D eigenvalue weighted by molar-refractivity contribution is 5.08. The van der Waals surface area contributed by atoms with Gasteiger partial charge in [0.1, 0.15) is 0 Å². The van der Waals surface area contributed by atoms with E-state index in [4.69, 9.17) is 4.74 Å². The zero-order chi connectivity index (χ0) is 12.1. The molecule has 0 aromatic rings. The van der Waals surface area contributed by atoms with Gasteiger partial charge in [0.25, 0.3) is 0 Å². The van der Waals surface area contributed by atoms with Gasteiger partial charge < -0.3 is 10.1 Å². The zero-order valence-electron chi connectivity index (χ0n) is 11.6. The quantitative estimate of drug-likeness (QED) is 0.793. The fourth-order valence-electron chi connectivity index (χ4n) is 3.83. The van der Waals surface area contributed by atoms with Gasteiger partial charge in [-0.1, -0.05) is 39.5 Å². The molecule has 100 valence electrons. The molecule has 0 aromatic heterocycles.